The second-order valence-corrected chi connectivity index (χ2v) is 4.77. The zero-order valence-corrected chi connectivity index (χ0v) is 10.0. The van der Waals surface area contributed by atoms with E-state index in [4.69, 9.17) is 11.6 Å². The maximum absolute atomic E-state index is 10.0. The van der Waals surface area contributed by atoms with Crippen LogP contribution in [0.1, 0.15) is 31.7 Å². The van der Waals surface area contributed by atoms with E-state index in [1.165, 1.54) is 6.33 Å². The number of aliphatic hydroxyl groups is 1. The molecule has 90 valence electrons. The lowest BCUT2D eigenvalue weighted by Crippen LogP contribution is -2.27. The second-order valence-electron chi connectivity index (χ2n) is 4.41. The van der Waals surface area contributed by atoms with Crippen molar-refractivity contribution in [2.24, 2.45) is 0 Å². The minimum Gasteiger partial charge on any atom is -0.391 e. The van der Waals surface area contributed by atoms with Gasteiger partial charge < -0.3 is 9.67 Å². The Balaban J connectivity index is 2.08. The molecule has 2 aromatic rings. The molecule has 0 spiro atoms. The van der Waals surface area contributed by atoms with Gasteiger partial charge in [-0.1, -0.05) is 24.4 Å². The monoisotopic (exact) mass is 252 g/mol. The van der Waals surface area contributed by atoms with Crippen molar-refractivity contribution in [3.05, 3.63) is 17.8 Å². The van der Waals surface area contributed by atoms with Crippen molar-refractivity contribution in [3.63, 3.8) is 0 Å². The predicted octanol–water partition coefficient (Wildman–Crippen LogP) is 1.96. The first-order chi connectivity index (χ1) is 8.27. The van der Waals surface area contributed by atoms with E-state index in [9.17, 15) is 5.11 Å². The van der Waals surface area contributed by atoms with Crippen molar-refractivity contribution >= 4 is 22.8 Å². The average molecular weight is 253 g/mol. The van der Waals surface area contributed by atoms with Gasteiger partial charge in [-0.15, -0.1) is 0 Å². The Labute approximate surface area is 103 Å². The van der Waals surface area contributed by atoms with Crippen molar-refractivity contribution in [2.75, 3.05) is 0 Å². The summed E-state index contributed by atoms with van der Waals surface area (Å²) in [7, 11) is 0. The predicted molar refractivity (Wildman–Crippen MR) is 63.8 cm³/mol. The summed E-state index contributed by atoms with van der Waals surface area (Å²) < 4.78 is 1.92. The number of aromatic nitrogens is 4. The van der Waals surface area contributed by atoms with Crippen LogP contribution in [0.4, 0.5) is 0 Å². The Bertz CT molecular complexity index is 541. The quantitative estimate of drug-likeness (QED) is 0.788. The number of fused-ring (bicyclic) bond motifs is 1. The summed E-state index contributed by atoms with van der Waals surface area (Å²) in [6, 6.07) is 0.0553. The standard InChI is InChI=1S/C11H13ClN4O/c12-10-9-11(14-5-13-10)16(6-15-9)7-3-1-2-4-8(7)17/h5-8,17H,1-4H2/t7-,8+/m0/s1. The zero-order valence-electron chi connectivity index (χ0n) is 9.25. The zero-order chi connectivity index (χ0) is 11.8. The van der Waals surface area contributed by atoms with E-state index in [2.05, 4.69) is 15.0 Å². The van der Waals surface area contributed by atoms with E-state index in [0.717, 1.165) is 25.7 Å². The van der Waals surface area contributed by atoms with Gasteiger partial charge in [0.2, 0.25) is 0 Å². The smallest absolute Gasteiger partial charge is 0.165 e. The lowest BCUT2D eigenvalue weighted by atomic mass is 9.92. The first-order valence-electron chi connectivity index (χ1n) is 5.78. The van der Waals surface area contributed by atoms with Gasteiger partial charge in [0.25, 0.3) is 0 Å². The van der Waals surface area contributed by atoms with Crippen LogP contribution in [-0.2, 0) is 0 Å². The van der Waals surface area contributed by atoms with E-state index in [0.29, 0.717) is 16.3 Å². The highest BCUT2D eigenvalue weighted by Gasteiger charge is 2.26. The minimum absolute atomic E-state index is 0.0553. The van der Waals surface area contributed by atoms with Gasteiger partial charge in [-0.25, -0.2) is 15.0 Å². The molecule has 0 aromatic carbocycles. The summed E-state index contributed by atoms with van der Waals surface area (Å²) in [5.41, 5.74) is 1.31. The number of imidazole rings is 1. The summed E-state index contributed by atoms with van der Waals surface area (Å²) in [5, 5.41) is 10.4. The third-order valence-electron chi connectivity index (χ3n) is 3.37. The molecule has 0 aliphatic heterocycles. The Morgan fingerprint density at radius 1 is 1.24 bits per heavy atom. The Hall–Kier alpha value is -1.20. The summed E-state index contributed by atoms with van der Waals surface area (Å²) in [6.07, 6.45) is 6.80. The topological polar surface area (TPSA) is 63.8 Å². The maximum Gasteiger partial charge on any atom is 0.165 e. The number of hydrogen-bond donors (Lipinski definition) is 1. The van der Waals surface area contributed by atoms with Gasteiger partial charge in [-0.05, 0) is 12.8 Å². The first kappa shape index (κ1) is 10.9. The molecule has 6 heteroatoms. The fourth-order valence-electron chi connectivity index (χ4n) is 2.48. The number of aliphatic hydroxyl groups excluding tert-OH is 1. The largest absolute Gasteiger partial charge is 0.391 e. The van der Waals surface area contributed by atoms with Crippen LogP contribution in [0.3, 0.4) is 0 Å². The maximum atomic E-state index is 10.0. The molecule has 1 aliphatic carbocycles. The molecule has 2 heterocycles. The molecule has 2 atom stereocenters. The molecule has 0 unspecified atom stereocenters. The molecule has 17 heavy (non-hydrogen) atoms. The molecule has 3 rings (SSSR count). The molecule has 0 radical (unpaired) electrons. The highest BCUT2D eigenvalue weighted by molar-refractivity contribution is 6.33. The van der Waals surface area contributed by atoms with Crippen LogP contribution in [0.2, 0.25) is 5.15 Å². The number of rotatable bonds is 1. The van der Waals surface area contributed by atoms with Crippen LogP contribution >= 0.6 is 11.6 Å². The Morgan fingerprint density at radius 2 is 2.06 bits per heavy atom. The van der Waals surface area contributed by atoms with Crippen LogP contribution in [0.5, 0.6) is 0 Å². The van der Waals surface area contributed by atoms with Crippen LogP contribution in [-0.4, -0.2) is 30.7 Å². The minimum atomic E-state index is -0.324. The average Bonchev–Trinajstić information content (AvgIpc) is 2.75. The molecule has 0 bridgehead atoms. The highest BCUT2D eigenvalue weighted by Crippen LogP contribution is 2.31. The SMILES string of the molecule is O[C@@H]1CCCC[C@@H]1n1cnc2c(Cl)ncnc21. The van der Waals surface area contributed by atoms with E-state index < -0.39 is 0 Å². The molecule has 1 fully saturated rings. The van der Waals surface area contributed by atoms with Crippen LogP contribution < -0.4 is 0 Å². The van der Waals surface area contributed by atoms with Crippen molar-refractivity contribution < 1.29 is 5.11 Å². The van der Waals surface area contributed by atoms with Gasteiger partial charge >= 0.3 is 0 Å². The highest BCUT2D eigenvalue weighted by atomic mass is 35.5. The van der Waals surface area contributed by atoms with Crippen molar-refractivity contribution in [1.82, 2.24) is 19.5 Å². The summed E-state index contributed by atoms with van der Waals surface area (Å²) >= 11 is 5.96. The molecule has 1 aliphatic rings. The van der Waals surface area contributed by atoms with E-state index in [-0.39, 0.29) is 12.1 Å². The Morgan fingerprint density at radius 3 is 2.88 bits per heavy atom. The normalized spacial score (nSPS) is 25.3. The Kier molecular flexibility index (Phi) is 2.72. The van der Waals surface area contributed by atoms with Crippen LogP contribution in [0.15, 0.2) is 12.7 Å². The molecule has 1 N–H and O–H groups in total. The van der Waals surface area contributed by atoms with E-state index in [1.807, 2.05) is 4.57 Å². The van der Waals surface area contributed by atoms with Crippen molar-refractivity contribution in [1.29, 1.82) is 0 Å². The first-order valence-corrected chi connectivity index (χ1v) is 6.16. The molecule has 2 aromatic heterocycles. The fourth-order valence-corrected chi connectivity index (χ4v) is 2.66. The second kappa shape index (κ2) is 4.23. The van der Waals surface area contributed by atoms with Gasteiger partial charge in [0.05, 0.1) is 18.5 Å². The molecule has 0 amide bonds. The molecule has 1 saturated carbocycles. The third-order valence-corrected chi connectivity index (χ3v) is 3.64. The van der Waals surface area contributed by atoms with Crippen molar-refractivity contribution in [3.8, 4) is 0 Å². The molecular weight excluding hydrogens is 240 g/mol. The van der Waals surface area contributed by atoms with Gasteiger partial charge in [-0.3, -0.25) is 0 Å². The molecule has 0 saturated heterocycles. The molecular formula is C11H13ClN4O. The number of hydrogen-bond acceptors (Lipinski definition) is 4. The summed E-state index contributed by atoms with van der Waals surface area (Å²) in [4.78, 5) is 12.3. The van der Waals surface area contributed by atoms with Gasteiger partial charge in [0.15, 0.2) is 10.8 Å². The van der Waals surface area contributed by atoms with Gasteiger partial charge in [-0.2, -0.15) is 0 Å². The molecule has 5 nitrogen and oxygen atoms in total. The van der Waals surface area contributed by atoms with Gasteiger partial charge in [0, 0.05) is 0 Å². The van der Waals surface area contributed by atoms with Crippen LogP contribution in [0.25, 0.3) is 11.2 Å². The summed E-state index contributed by atoms with van der Waals surface area (Å²) in [6.45, 7) is 0. The fraction of sp³-hybridized carbons (Fsp3) is 0.545. The van der Waals surface area contributed by atoms with Crippen LogP contribution in [0, 0.1) is 0 Å². The van der Waals surface area contributed by atoms with E-state index >= 15 is 0 Å². The lowest BCUT2D eigenvalue weighted by Gasteiger charge is -2.28. The lowest BCUT2D eigenvalue weighted by molar-refractivity contribution is 0.0770. The van der Waals surface area contributed by atoms with E-state index in [1.54, 1.807) is 6.33 Å². The number of halogens is 1. The third kappa shape index (κ3) is 1.79. The van der Waals surface area contributed by atoms with Gasteiger partial charge in [0.1, 0.15) is 11.8 Å². The van der Waals surface area contributed by atoms with Crippen molar-refractivity contribution in [2.45, 2.75) is 37.8 Å². The summed E-state index contributed by atoms with van der Waals surface area (Å²) in [5.74, 6) is 0. The number of nitrogens with zero attached hydrogens (tertiary/aromatic N) is 4.